The van der Waals surface area contributed by atoms with Gasteiger partial charge in [0.05, 0.1) is 13.2 Å². The summed E-state index contributed by atoms with van der Waals surface area (Å²) in [6.07, 6.45) is 0. The Bertz CT molecular complexity index is 1010. The van der Waals surface area contributed by atoms with Crippen molar-refractivity contribution in [3.63, 3.8) is 0 Å². The zero-order valence-electron chi connectivity index (χ0n) is 14.1. The summed E-state index contributed by atoms with van der Waals surface area (Å²) in [5.41, 5.74) is 1.44. The molecular weight excluding hydrogens is 332 g/mol. The quantitative estimate of drug-likeness (QED) is 0.736. The largest absolute Gasteiger partial charge is 0.422 e. The van der Waals surface area contributed by atoms with Gasteiger partial charge in [-0.15, -0.1) is 0 Å². The van der Waals surface area contributed by atoms with E-state index < -0.39 is 11.5 Å². The number of fused-ring (bicyclic) bond motifs is 1. The number of benzene rings is 2. The molecule has 6 nitrogen and oxygen atoms in total. The first-order valence-electron chi connectivity index (χ1n) is 8.48. The van der Waals surface area contributed by atoms with E-state index in [0.29, 0.717) is 29.9 Å². The van der Waals surface area contributed by atoms with Gasteiger partial charge in [-0.05, 0) is 30.3 Å². The first-order valence-corrected chi connectivity index (χ1v) is 8.48. The molecule has 0 bridgehead atoms. The van der Waals surface area contributed by atoms with Crippen LogP contribution in [-0.4, -0.2) is 32.2 Å². The second-order valence-corrected chi connectivity index (χ2v) is 6.09. The number of morpholine rings is 1. The van der Waals surface area contributed by atoms with E-state index in [1.54, 1.807) is 30.3 Å². The number of rotatable bonds is 3. The highest BCUT2D eigenvalue weighted by Crippen LogP contribution is 2.21. The molecule has 3 aromatic rings. The highest BCUT2D eigenvalue weighted by molar-refractivity contribution is 6.05. The van der Waals surface area contributed by atoms with Gasteiger partial charge in [0, 0.05) is 29.9 Å². The number of nitrogens with one attached hydrogen (secondary N) is 1. The SMILES string of the molecule is O=C(Nc1cccc(N2CCOCC2)c1)c1cc2ccccc2oc1=O. The fourth-order valence-corrected chi connectivity index (χ4v) is 3.02. The molecule has 1 aliphatic rings. The first-order chi connectivity index (χ1) is 12.7. The van der Waals surface area contributed by atoms with Crippen molar-refractivity contribution in [2.24, 2.45) is 0 Å². The van der Waals surface area contributed by atoms with Gasteiger partial charge in [0.1, 0.15) is 11.1 Å². The van der Waals surface area contributed by atoms with E-state index in [4.69, 9.17) is 9.15 Å². The van der Waals surface area contributed by atoms with Crippen molar-refractivity contribution in [1.82, 2.24) is 0 Å². The zero-order valence-corrected chi connectivity index (χ0v) is 14.1. The predicted molar refractivity (Wildman–Crippen MR) is 99.9 cm³/mol. The topological polar surface area (TPSA) is 71.8 Å². The molecule has 2 heterocycles. The Hall–Kier alpha value is -3.12. The maximum atomic E-state index is 12.6. The Balaban J connectivity index is 1.58. The number of para-hydroxylation sites is 1. The van der Waals surface area contributed by atoms with Crippen molar-refractivity contribution in [3.8, 4) is 0 Å². The lowest BCUT2D eigenvalue weighted by Crippen LogP contribution is -2.36. The van der Waals surface area contributed by atoms with Crippen LogP contribution in [0.1, 0.15) is 10.4 Å². The molecule has 26 heavy (non-hydrogen) atoms. The molecule has 0 aliphatic carbocycles. The Kier molecular flexibility index (Phi) is 4.41. The highest BCUT2D eigenvalue weighted by Gasteiger charge is 2.15. The molecule has 0 atom stereocenters. The summed E-state index contributed by atoms with van der Waals surface area (Å²) >= 11 is 0. The summed E-state index contributed by atoms with van der Waals surface area (Å²) in [5, 5.41) is 3.49. The minimum Gasteiger partial charge on any atom is -0.422 e. The number of hydrogen-bond donors (Lipinski definition) is 1. The molecule has 1 amide bonds. The standard InChI is InChI=1S/C20H18N2O4/c23-19(17-12-14-4-1-2-7-18(14)26-20(17)24)21-15-5-3-6-16(13-15)22-8-10-25-11-9-22/h1-7,12-13H,8-11H2,(H,21,23). The van der Waals surface area contributed by atoms with Crippen LogP contribution in [0.2, 0.25) is 0 Å². The summed E-state index contributed by atoms with van der Waals surface area (Å²) in [7, 11) is 0. The molecule has 0 spiro atoms. The lowest BCUT2D eigenvalue weighted by atomic mass is 10.1. The molecule has 2 aromatic carbocycles. The second kappa shape index (κ2) is 7.01. The minimum atomic E-state index is -0.648. The maximum absolute atomic E-state index is 12.6. The molecule has 1 fully saturated rings. The van der Waals surface area contributed by atoms with E-state index in [0.717, 1.165) is 18.8 Å². The van der Waals surface area contributed by atoms with Gasteiger partial charge in [-0.1, -0.05) is 24.3 Å². The van der Waals surface area contributed by atoms with Crippen LogP contribution >= 0.6 is 0 Å². The molecule has 0 radical (unpaired) electrons. The van der Waals surface area contributed by atoms with Gasteiger partial charge in [0.2, 0.25) is 0 Å². The Morgan fingerprint density at radius 2 is 1.81 bits per heavy atom. The number of carbonyl (C=O) groups excluding carboxylic acids is 1. The first kappa shape index (κ1) is 16.4. The summed E-state index contributed by atoms with van der Waals surface area (Å²) < 4.78 is 10.6. The van der Waals surface area contributed by atoms with Gasteiger partial charge >= 0.3 is 5.63 Å². The van der Waals surface area contributed by atoms with Crippen molar-refractivity contribution in [1.29, 1.82) is 0 Å². The van der Waals surface area contributed by atoms with E-state index in [-0.39, 0.29) is 5.56 Å². The average molecular weight is 350 g/mol. The molecule has 0 unspecified atom stereocenters. The van der Waals surface area contributed by atoms with Crippen LogP contribution in [0.4, 0.5) is 11.4 Å². The van der Waals surface area contributed by atoms with Crippen LogP contribution in [0, 0.1) is 0 Å². The normalized spacial score (nSPS) is 14.4. The van der Waals surface area contributed by atoms with Crippen LogP contribution in [0.25, 0.3) is 11.0 Å². The Morgan fingerprint density at radius 3 is 2.65 bits per heavy atom. The smallest absolute Gasteiger partial charge is 0.349 e. The van der Waals surface area contributed by atoms with Crippen LogP contribution in [0.3, 0.4) is 0 Å². The molecule has 4 rings (SSSR count). The van der Waals surface area contributed by atoms with Crippen LogP contribution in [0.15, 0.2) is 63.8 Å². The predicted octanol–water partition coefficient (Wildman–Crippen LogP) is 2.88. The Labute approximate surface area is 150 Å². The number of hydrogen-bond acceptors (Lipinski definition) is 5. The molecule has 0 saturated carbocycles. The Morgan fingerprint density at radius 1 is 1.00 bits per heavy atom. The van der Waals surface area contributed by atoms with Crippen LogP contribution < -0.4 is 15.8 Å². The molecule has 1 aliphatic heterocycles. The number of amides is 1. The van der Waals surface area contributed by atoms with E-state index in [9.17, 15) is 9.59 Å². The van der Waals surface area contributed by atoms with Crippen LogP contribution in [-0.2, 0) is 4.74 Å². The second-order valence-electron chi connectivity index (χ2n) is 6.09. The fraction of sp³-hybridized carbons (Fsp3) is 0.200. The summed E-state index contributed by atoms with van der Waals surface area (Å²) in [6.45, 7) is 3.00. The van der Waals surface area contributed by atoms with E-state index >= 15 is 0 Å². The van der Waals surface area contributed by atoms with E-state index in [1.165, 1.54) is 0 Å². The molecular formula is C20H18N2O4. The van der Waals surface area contributed by atoms with Gasteiger partial charge < -0.3 is 19.4 Å². The van der Waals surface area contributed by atoms with Crippen LogP contribution in [0.5, 0.6) is 0 Å². The number of carbonyl (C=O) groups is 1. The van der Waals surface area contributed by atoms with Gasteiger partial charge in [0.15, 0.2) is 0 Å². The van der Waals surface area contributed by atoms with E-state index in [2.05, 4.69) is 10.2 Å². The molecule has 6 heteroatoms. The van der Waals surface area contributed by atoms with Gasteiger partial charge in [-0.2, -0.15) is 0 Å². The van der Waals surface area contributed by atoms with Crippen molar-refractivity contribution in [2.75, 3.05) is 36.5 Å². The summed E-state index contributed by atoms with van der Waals surface area (Å²) in [4.78, 5) is 26.9. The zero-order chi connectivity index (χ0) is 17.9. The summed E-state index contributed by atoms with van der Waals surface area (Å²) in [6, 6.07) is 16.2. The van der Waals surface area contributed by atoms with Gasteiger partial charge in [0.25, 0.3) is 5.91 Å². The fourth-order valence-electron chi connectivity index (χ4n) is 3.02. The summed E-state index contributed by atoms with van der Waals surface area (Å²) in [5.74, 6) is -0.483. The average Bonchev–Trinajstić information content (AvgIpc) is 2.68. The van der Waals surface area contributed by atoms with Crippen molar-refractivity contribution in [3.05, 3.63) is 70.6 Å². The molecule has 1 saturated heterocycles. The highest BCUT2D eigenvalue weighted by atomic mass is 16.5. The lowest BCUT2D eigenvalue weighted by Gasteiger charge is -2.29. The van der Waals surface area contributed by atoms with Crippen molar-refractivity contribution < 1.29 is 13.9 Å². The van der Waals surface area contributed by atoms with E-state index in [1.807, 2.05) is 24.3 Å². The molecule has 132 valence electrons. The third-order valence-corrected chi connectivity index (χ3v) is 4.37. The third-order valence-electron chi connectivity index (χ3n) is 4.37. The molecule has 1 N–H and O–H groups in total. The van der Waals surface area contributed by atoms with Crippen molar-refractivity contribution >= 4 is 28.3 Å². The number of ether oxygens (including phenoxy) is 1. The number of nitrogens with zero attached hydrogens (tertiary/aromatic N) is 1. The minimum absolute atomic E-state index is 0.0134. The lowest BCUT2D eigenvalue weighted by molar-refractivity contribution is 0.102. The monoisotopic (exact) mass is 350 g/mol. The van der Waals surface area contributed by atoms with Crippen molar-refractivity contribution in [2.45, 2.75) is 0 Å². The van der Waals surface area contributed by atoms with Gasteiger partial charge in [-0.25, -0.2) is 4.79 Å². The maximum Gasteiger partial charge on any atom is 0.349 e. The number of anilines is 2. The third kappa shape index (κ3) is 3.32. The molecule has 1 aromatic heterocycles. The van der Waals surface area contributed by atoms with Gasteiger partial charge in [-0.3, -0.25) is 4.79 Å².